The number of hydrogen-bond acceptors (Lipinski definition) is 4. The van der Waals surface area contributed by atoms with Gasteiger partial charge < -0.3 is 10.1 Å². The van der Waals surface area contributed by atoms with Gasteiger partial charge >= 0.3 is 0 Å². The molecule has 1 N–H and O–H groups in total. The fraction of sp³-hybridized carbons (Fsp3) is 0.333. The number of nitrogens with one attached hydrogen (secondary N) is 1. The van der Waals surface area contributed by atoms with Gasteiger partial charge in [0.15, 0.2) is 0 Å². The lowest BCUT2D eigenvalue weighted by Crippen LogP contribution is -2.37. The maximum Gasteiger partial charge on any atom is 0.227 e. The monoisotopic (exact) mass is 349 g/mol. The molecule has 1 aliphatic heterocycles. The van der Waals surface area contributed by atoms with Crippen molar-refractivity contribution in [2.75, 3.05) is 25.5 Å². The van der Waals surface area contributed by atoms with Crippen LogP contribution in [0.5, 0.6) is 5.75 Å². The first kappa shape index (κ1) is 18.0. The van der Waals surface area contributed by atoms with E-state index in [1.165, 1.54) is 0 Å². The molecule has 1 aliphatic rings. The molecule has 0 unspecified atom stereocenters. The molecule has 3 rings (SSSR count). The lowest BCUT2D eigenvalue weighted by Gasteiger charge is -2.31. The zero-order chi connectivity index (χ0) is 18.4. The van der Waals surface area contributed by atoms with Gasteiger partial charge in [-0.25, -0.2) is 0 Å². The van der Waals surface area contributed by atoms with E-state index in [-0.39, 0.29) is 11.8 Å². The van der Waals surface area contributed by atoms with Gasteiger partial charge in [0.2, 0.25) is 5.91 Å². The molecule has 1 amide bonds. The van der Waals surface area contributed by atoms with Crippen molar-refractivity contribution in [3.63, 3.8) is 0 Å². The van der Waals surface area contributed by atoms with E-state index in [1.807, 2.05) is 48.5 Å². The fourth-order valence-electron chi connectivity index (χ4n) is 3.32. The second-order valence-corrected chi connectivity index (χ2v) is 6.55. The number of piperidine rings is 1. The van der Waals surface area contributed by atoms with Crippen molar-refractivity contribution >= 4 is 11.6 Å². The highest BCUT2D eigenvalue weighted by molar-refractivity contribution is 5.92. The first-order valence-corrected chi connectivity index (χ1v) is 8.85. The van der Waals surface area contributed by atoms with E-state index in [9.17, 15) is 10.1 Å². The number of carbonyl (C=O) groups excluding carboxylic acids is 1. The number of benzene rings is 2. The first-order chi connectivity index (χ1) is 12.7. The van der Waals surface area contributed by atoms with Crippen molar-refractivity contribution < 1.29 is 9.53 Å². The van der Waals surface area contributed by atoms with E-state index >= 15 is 0 Å². The average molecular weight is 349 g/mol. The Bertz CT molecular complexity index is 791. The molecule has 2 aromatic rings. The minimum atomic E-state index is 0.0528. The Morgan fingerprint density at radius 3 is 2.62 bits per heavy atom. The molecule has 0 atom stereocenters. The summed E-state index contributed by atoms with van der Waals surface area (Å²) >= 11 is 0. The summed E-state index contributed by atoms with van der Waals surface area (Å²) in [5.74, 6) is 0.761. The second kappa shape index (κ2) is 8.50. The van der Waals surface area contributed by atoms with Crippen molar-refractivity contribution in [3.8, 4) is 11.8 Å². The number of ether oxygens (including phenoxy) is 1. The van der Waals surface area contributed by atoms with E-state index in [0.717, 1.165) is 43.7 Å². The molecule has 134 valence electrons. The van der Waals surface area contributed by atoms with Crippen LogP contribution in [0.3, 0.4) is 0 Å². The number of methoxy groups -OCH3 is 1. The zero-order valence-corrected chi connectivity index (χ0v) is 14.9. The van der Waals surface area contributed by atoms with Crippen molar-refractivity contribution in [3.05, 3.63) is 59.7 Å². The third-order valence-electron chi connectivity index (χ3n) is 4.79. The molecule has 0 aromatic heterocycles. The van der Waals surface area contributed by atoms with Crippen LogP contribution in [0.15, 0.2) is 48.5 Å². The molecule has 0 radical (unpaired) electrons. The summed E-state index contributed by atoms with van der Waals surface area (Å²) in [6.45, 7) is 2.54. The van der Waals surface area contributed by atoms with Gasteiger partial charge in [0, 0.05) is 18.2 Å². The molecule has 5 heteroatoms. The molecule has 0 spiro atoms. The van der Waals surface area contributed by atoms with Crippen LogP contribution in [-0.4, -0.2) is 31.0 Å². The highest BCUT2D eigenvalue weighted by atomic mass is 16.5. The Kier molecular flexibility index (Phi) is 5.88. The van der Waals surface area contributed by atoms with Crippen molar-refractivity contribution in [1.29, 1.82) is 5.26 Å². The van der Waals surface area contributed by atoms with Crippen LogP contribution >= 0.6 is 0 Å². The summed E-state index contributed by atoms with van der Waals surface area (Å²) in [5, 5.41) is 12.2. The van der Waals surface area contributed by atoms with Gasteiger partial charge in [-0.15, -0.1) is 0 Å². The van der Waals surface area contributed by atoms with E-state index in [1.54, 1.807) is 7.11 Å². The van der Waals surface area contributed by atoms with Gasteiger partial charge in [-0.05, 0) is 55.8 Å². The van der Waals surface area contributed by atoms with E-state index in [4.69, 9.17) is 4.74 Å². The van der Waals surface area contributed by atoms with Gasteiger partial charge in [0.1, 0.15) is 11.8 Å². The van der Waals surface area contributed by atoms with Gasteiger partial charge in [-0.2, -0.15) is 5.26 Å². The van der Waals surface area contributed by atoms with Gasteiger partial charge in [-0.1, -0.05) is 24.3 Å². The van der Waals surface area contributed by atoms with Crippen LogP contribution in [0.1, 0.15) is 24.0 Å². The van der Waals surface area contributed by atoms with Crippen LogP contribution in [0, 0.1) is 17.2 Å². The Hall–Kier alpha value is -2.84. The Balaban J connectivity index is 1.52. The van der Waals surface area contributed by atoms with Crippen LogP contribution in [0.4, 0.5) is 5.69 Å². The Labute approximate surface area is 154 Å². The lowest BCUT2D eigenvalue weighted by atomic mass is 9.95. The molecular formula is C21H23N3O2. The smallest absolute Gasteiger partial charge is 0.227 e. The van der Waals surface area contributed by atoms with Gasteiger partial charge in [-0.3, -0.25) is 9.69 Å². The number of para-hydroxylation sites is 1. The third kappa shape index (κ3) is 4.41. The summed E-state index contributed by atoms with van der Waals surface area (Å²) in [5.41, 5.74) is 2.50. The maximum absolute atomic E-state index is 12.4. The van der Waals surface area contributed by atoms with E-state index in [0.29, 0.717) is 11.3 Å². The molecule has 1 saturated heterocycles. The predicted octanol–water partition coefficient (Wildman–Crippen LogP) is 3.42. The topological polar surface area (TPSA) is 65.4 Å². The Morgan fingerprint density at radius 2 is 1.96 bits per heavy atom. The molecule has 1 heterocycles. The number of hydrogen-bond donors (Lipinski definition) is 1. The highest BCUT2D eigenvalue weighted by Gasteiger charge is 2.25. The van der Waals surface area contributed by atoms with Crippen molar-refractivity contribution in [2.45, 2.75) is 19.4 Å². The average Bonchev–Trinajstić information content (AvgIpc) is 2.69. The number of amides is 1. The van der Waals surface area contributed by atoms with Crippen LogP contribution < -0.4 is 10.1 Å². The molecule has 0 bridgehead atoms. The normalized spacial score (nSPS) is 15.2. The largest absolute Gasteiger partial charge is 0.495 e. The molecule has 2 aromatic carbocycles. The fourth-order valence-corrected chi connectivity index (χ4v) is 3.32. The van der Waals surface area contributed by atoms with Crippen molar-refractivity contribution in [1.82, 2.24) is 4.90 Å². The lowest BCUT2D eigenvalue weighted by molar-refractivity contribution is -0.121. The standard InChI is InChI=1S/C21H23N3O2/c1-26-20-8-7-16(13-18(20)14-22)15-24-11-9-17(10-12-24)21(25)23-19-5-3-2-4-6-19/h2-8,13,17H,9-12,15H2,1H3,(H,23,25). The predicted molar refractivity (Wildman–Crippen MR) is 101 cm³/mol. The molecule has 0 saturated carbocycles. The minimum Gasteiger partial charge on any atom is -0.495 e. The first-order valence-electron chi connectivity index (χ1n) is 8.85. The quantitative estimate of drug-likeness (QED) is 0.898. The number of carbonyl (C=O) groups is 1. The molecule has 0 aliphatic carbocycles. The molecule has 1 fully saturated rings. The summed E-state index contributed by atoms with van der Waals surface area (Å²) in [6, 6.07) is 17.5. The van der Waals surface area contributed by atoms with Crippen LogP contribution in [-0.2, 0) is 11.3 Å². The third-order valence-corrected chi connectivity index (χ3v) is 4.79. The van der Waals surface area contributed by atoms with E-state index in [2.05, 4.69) is 16.3 Å². The van der Waals surface area contributed by atoms with Crippen LogP contribution in [0.2, 0.25) is 0 Å². The Morgan fingerprint density at radius 1 is 1.23 bits per heavy atom. The van der Waals surface area contributed by atoms with Gasteiger partial charge in [0.25, 0.3) is 0 Å². The number of anilines is 1. The summed E-state index contributed by atoms with van der Waals surface area (Å²) in [6.07, 6.45) is 1.69. The number of likely N-dealkylation sites (tertiary alicyclic amines) is 1. The summed E-state index contributed by atoms with van der Waals surface area (Å²) < 4.78 is 5.19. The van der Waals surface area contributed by atoms with Gasteiger partial charge in [0.05, 0.1) is 12.7 Å². The van der Waals surface area contributed by atoms with Crippen LogP contribution in [0.25, 0.3) is 0 Å². The number of nitriles is 1. The number of nitrogens with zero attached hydrogens (tertiary/aromatic N) is 2. The SMILES string of the molecule is COc1ccc(CN2CCC(C(=O)Nc3ccccc3)CC2)cc1C#N. The second-order valence-electron chi connectivity index (χ2n) is 6.55. The maximum atomic E-state index is 12.4. The van der Waals surface area contributed by atoms with Crippen molar-refractivity contribution in [2.24, 2.45) is 5.92 Å². The number of rotatable bonds is 5. The minimum absolute atomic E-state index is 0.0528. The molecule has 5 nitrogen and oxygen atoms in total. The highest BCUT2D eigenvalue weighted by Crippen LogP contribution is 2.23. The summed E-state index contributed by atoms with van der Waals surface area (Å²) in [4.78, 5) is 14.7. The molecular weight excluding hydrogens is 326 g/mol. The molecule has 26 heavy (non-hydrogen) atoms. The van der Waals surface area contributed by atoms with E-state index < -0.39 is 0 Å². The zero-order valence-electron chi connectivity index (χ0n) is 14.9. The summed E-state index contributed by atoms with van der Waals surface area (Å²) in [7, 11) is 1.57.